The Kier molecular flexibility index (Phi) is 2.17. The zero-order chi connectivity index (χ0) is 9.41. The topological polar surface area (TPSA) is 57.5 Å². The summed E-state index contributed by atoms with van der Waals surface area (Å²) in [6, 6.07) is 0. The van der Waals surface area contributed by atoms with Gasteiger partial charge in [0.25, 0.3) is 0 Å². The summed E-state index contributed by atoms with van der Waals surface area (Å²) in [5.41, 5.74) is -1.25. The van der Waals surface area contributed by atoms with Gasteiger partial charge >= 0.3 is 5.97 Å². The normalized spacial score (nSPS) is 26.6. The van der Waals surface area contributed by atoms with Crippen molar-refractivity contribution < 1.29 is 15.0 Å². The molecule has 0 heterocycles. The second kappa shape index (κ2) is 2.73. The van der Waals surface area contributed by atoms with E-state index < -0.39 is 11.6 Å². The van der Waals surface area contributed by atoms with Crippen LogP contribution < -0.4 is 0 Å². The van der Waals surface area contributed by atoms with E-state index in [1.54, 1.807) is 0 Å². The van der Waals surface area contributed by atoms with E-state index in [0.717, 1.165) is 12.8 Å². The van der Waals surface area contributed by atoms with Gasteiger partial charge in [-0.1, -0.05) is 13.8 Å². The first-order valence-corrected chi connectivity index (χ1v) is 4.32. The average molecular weight is 172 g/mol. The lowest BCUT2D eigenvalue weighted by Crippen LogP contribution is -2.43. The molecule has 70 valence electrons. The number of aliphatic hydroxyl groups is 1. The molecule has 0 atom stereocenters. The largest absolute Gasteiger partial charge is 0.479 e. The Hall–Kier alpha value is -0.570. The molecule has 0 bridgehead atoms. The molecule has 1 aliphatic rings. The molecule has 0 aromatic rings. The third-order valence-corrected chi connectivity index (χ3v) is 2.83. The summed E-state index contributed by atoms with van der Waals surface area (Å²) in [4.78, 5) is 10.6. The summed E-state index contributed by atoms with van der Waals surface area (Å²) >= 11 is 0. The van der Waals surface area contributed by atoms with Crippen LogP contribution in [0.5, 0.6) is 0 Å². The van der Waals surface area contributed by atoms with Crippen molar-refractivity contribution in [2.24, 2.45) is 5.41 Å². The molecule has 0 aromatic carbocycles. The third kappa shape index (κ3) is 1.78. The Morgan fingerprint density at radius 3 is 1.92 bits per heavy atom. The van der Waals surface area contributed by atoms with E-state index in [9.17, 15) is 9.90 Å². The van der Waals surface area contributed by atoms with Crippen molar-refractivity contribution in [3.8, 4) is 0 Å². The minimum absolute atomic E-state index is 0.196. The SMILES string of the molecule is CC1(C)CCC(O)(C(=O)O)CC1. The van der Waals surface area contributed by atoms with Crippen molar-refractivity contribution >= 4 is 5.97 Å². The first-order valence-electron chi connectivity index (χ1n) is 4.32. The van der Waals surface area contributed by atoms with Crippen molar-refractivity contribution in [2.75, 3.05) is 0 Å². The quantitative estimate of drug-likeness (QED) is 0.628. The summed E-state index contributed by atoms with van der Waals surface area (Å²) in [6.07, 6.45) is 2.34. The number of hydrogen-bond acceptors (Lipinski definition) is 2. The highest BCUT2D eigenvalue weighted by molar-refractivity contribution is 5.77. The van der Waals surface area contributed by atoms with E-state index in [-0.39, 0.29) is 5.41 Å². The van der Waals surface area contributed by atoms with Crippen LogP contribution >= 0.6 is 0 Å². The molecule has 2 N–H and O–H groups in total. The maximum atomic E-state index is 10.6. The Labute approximate surface area is 72.4 Å². The number of rotatable bonds is 1. The van der Waals surface area contributed by atoms with Crippen molar-refractivity contribution in [3.05, 3.63) is 0 Å². The molecule has 0 aromatic heterocycles. The smallest absolute Gasteiger partial charge is 0.335 e. The van der Waals surface area contributed by atoms with Crippen LogP contribution in [0.25, 0.3) is 0 Å². The Balaban J connectivity index is 2.62. The van der Waals surface area contributed by atoms with Crippen LogP contribution in [-0.2, 0) is 4.79 Å². The van der Waals surface area contributed by atoms with Crippen molar-refractivity contribution in [1.29, 1.82) is 0 Å². The van der Waals surface area contributed by atoms with Crippen LogP contribution in [0.2, 0.25) is 0 Å². The Bertz CT molecular complexity index is 186. The number of carbonyl (C=O) groups is 1. The van der Waals surface area contributed by atoms with E-state index >= 15 is 0 Å². The van der Waals surface area contributed by atoms with E-state index in [1.165, 1.54) is 0 Å². The molecule has 0 amide bonds. The molecule has 0 unspecified atom stereocenters. The number of carboxylic acid groups (broad SMARTS) is 1. The van der Waals surface area contributed by atoms with Crippen LogP contribution in [0, 0.1) is 5.41 Å². The van der Waals surface area contributed by atoms with Crippen LogP contribution in [-0.4, -0.2) is 21.8 Å². The predicted molar refractivity (Wildman–Crippen MR) is 44.8 cm³/mol. The molecule has 0 spiro atoms. The summed E-state index contributed by atoms with van der Waals surface area (Å²) in [7, 11) is 0. The minimum atomic E-state index is -1.45. The average Bonchev–Trinajstić information content (AvgIpc) is 1.96. The lowest BCUT2D eigenvalue weighted by Gasteiger charge is -2.37. The van der Waals surface area contributed by atoms with Gasteiger partial charge in [0.15, 0.2) is 5.60 Å². The molecule has 3 nitrogen and oxygen atoms in total. The highest BCUT2D eigenvalue weighted by atomic mass is 16.4. The van der Waals surface area contributed by atoms with Gasteiger partial charge in [0.1, 0.15) is 0 Å². The molecule has 3 heteroatoms. The molecule has 0 aliphatic heterocycles. The van der Waals surface area contributed by atoms with Gasteiger partial charge < -0.3 is 10.2 Å². The van der Waals surface area contributed by atoms with Crippen LogP contribution in [0.3, 0.4) is 0 Å². The van der Waals surface area contributed by atoms with Gasteiger partial charge in [0.2, 0.25) is 0 Å². The number of hydrogen-bond donors (Lipinski definition) is 2. The molecule has 1 saturated carbocycles. The van der Waals surface area contributed by atoms with E-state index in [4.69, 9.17) is 5.11 Å². The summed E-state index contributed by atoms with van der Waals surface area (Å²) in [6.45, 7) is 4.21. The summed E-state index contributed by atoms with van der Waals surface area (Å²) in [5, 5.41) is 18.3. The predicted octanol–water partition coefficient (Wildman–Crippen LogP) is 1.40. The van der Waals surface area contributed by atoms with Gasteiger partial charge in [-0.25, -0.2) is 4.79 Å². The zero-order valence-corrected chi connectivity index (χ0v) is 7.63. The van der Waals surface area contributed by atoms with Crippen LogP contribution in [0.15, 0.2) is 0 Å². The number of carboxylic acids is 1. The third-order valence-electron chi connectivity index (χ3n) is 2.83. The van der Waals surface area contributed by atoms with Gasteiger partial charge in [0.05, 0.1) is 0 Å². The lowest BCUT2D eigenvalue weighted by molar-refractivity contribution is -0.164. The van der Waals surface area contributed by atoms with Crippen LogP contribution in [0.1, 0.15) is 39.5 Å². The second-order valence-corrected chi connectivity index (χ2v) is 4.50. The molecule has 12 heavy (non-hydrogen) atoms. The van der Waals surface area contributed by atoms with E-state index in [1.807, 2.05) is 0 Å². The van der Waals surface area contributed by atoms with Crippen molar-refractivity contribution in [3.63, 3.8) is 0 Å². The summed E-state index contributed by atoms with van der Waals surface area (Å²) < 4.78 is 0. The monoisotopic (exact) mass is 172 g/mol. The first kappa shape index (κ1) is 9.52. The Morgan fingerprint density at radius 2 is 1.58 bits per heavy atom. The fraction of sp³-hybridized carbons (Fsp3) is 0.889. The first-order chi connectivity index (χ1) is 5.36. The van der Waals surface area contributed by atoms with E-state index in [2.05, 4.69) is 13.8 Å². The van der Waals surface area contributed by atoms with Crippen molar-refractivity contribution in [2.45, 2.75) is 45.1 Å². The molecular weight excluding hydrogens is 156 g/mol. The molecular formula is C9H16O3. The van der Waals surface area contributed by atoms with Gasteiger partial charge in [-0.3, -0.25) is 0 Å². The van der Waals surface area contributed by atoms with Gasteiger partial charge in [-0.2, -0.15) is 0 Å². The maximum absolute atomic E-state index is 10.6. The molecule has 0 saturated heterocycles. The van der Waals surface area contributed by atoms with Gasteiger partial charge in [-0.05, 0) is 31.1 Å². The molecule has 1 rings (SSSR count). The Morgan fingerprint density at radius 1 is 1.17 bits per heavy atom. The van der Waals surface area contributed by atoms with Crippen molar-refractivity contribution in [1.82, 2.24) is 0 Å². The molecule has 0 radical (unpaired) electrons. The fourth-order valence-corrected chi connectivity index (χ4v) is 1.55. The lowest BCUT2D eigenvalue weighted by atomic mass is 9.71. The standard InChI is InChI=1S/C9H16O3/c1-8(2)3-5-9(12,6-4-8)7(10)11/h12H,3-6H2,1-2H3,(H,10,11). The van der Waals surface area contributed by atoms with E-state index in [0.29, 0.717) is 12.8 Å². The minimum Gasteiger partial charge on any atom is -0.479 e. The maximum Gasteiger partial charge on any atom is 0.335 e. The zero-order valence-electron chi connectivity index (χ0n) is 7.63. The van der Waals surface area contributed by atoms with Gasteiger partial charge in [-0.15, -0.1) is 0 Å². The highest BCUT2D eigenvalue weighted by Gasteiger charge is 2.42. The van der Waals surface area contributed by atoms with Crippen LogP contribution in [0.4, 0.5) is 0 Å². The van der Waals surface area contributed by atoms with Gasteiger partial charge in [0, 0.05) is 0 Å². The molecule has 1 fully saturated rings. The second-order valence-electron chi connectivity index (χ2n) is 4.50. The number of aliphatic carboxylic acids is 1. The fourth-order valence-electron chi connectivity index (χ4n) is 1.55. The summed E-state index contributed by atoms with van der Waals surface area (Å²) in [5.74, 6) is -1.07. The highest BCUT2D eigenvalue weighted by Crippen LogP contribution is 2.40. The molecule has 1 aliphatic carbocycles.